The standard InChI is InChI=1S/C13H27N3O4S/c1-4-6-14-12(13(17)20-5-2)11-15-7-9-16(10-8-15)21(3,18)19/h12,14H,4-11H2,1-3H3. The monoisotopic (exact) mass is 321 g/mol. The van der Waals surface area contributed by atoms with E-state index in [0.717, 1.165) is 13.0 Å². The molecule has 7 nitrogen and oxygen atoms in total. The predicted octanol–water partition coefficient (Wildman–Crippen LogP) is -0.505. The largest absolute Gasteiger partial charge is 0.465 e. The molecule has 1 saturated heterocycles. The van der Waals surface area contributed by atoms with E-state index in [0.29, 0.717) is 39.3 Å². The fraction of sp³-hybridized carbons (Fsp3) is 0.923. The van der Waals surface area contributed by atoms with Crippen molar-refractivity contribution in [3.63, 3.8) is 0 Å². The van der Waals surface area contributed by atoms with Gasteiger partial charge in [0.25, 0.3) is 0 Å². The van der Waals surface area contributed by atoms with E-state index < -0.39 is 10.0 Å². The number of esters is 1. The van der Waals surface area contributed by atoms with Crippen LogP contribution < -0.4 is 5.32 Å². The van der Waals surface area contributed by atoms with Gasteiger partial charge in [-0.15, -0.1) is 0 Å². The van der Waals surface area contributed by atoms with Crippen molar-refractivity contribution in [3.8, 4) is 0 Å². The maximum atomic E-state index is 11.9. The van der Waals surface area contributed by atoms with E-state index in [1.54, 1.807) is 6.92 Å². The first kappa shape index (κ1) is 18.3. The molecule has 1 rings (SSSR count). The second kappa shape index (κ2) is 8.67. The lowest BCUT2D eigenvalue weighted by Gasteiger charge is -2.34. The van der Waals surface area contributed by atoms with Gasteiger partial charge in [-0.25, -0.2) is 8.42 Å². The van der Waals surface area contributed by atoms with Crippen LogP contribution in [-0.2, 0) is 19.6 Å². The molecule has 1 unspecified atom stereocenters. The molecule has 0 aliphatic carbocycles. The van der Waals surface area contributed by atoms with Gasteiger partial charge in [-0.2, -0.15) is 4.31 Å². The topological polar surface area (TPSA) is 79.0 Å². The first-order valence-corrected chi connectivity index (χ1v) is 9.30. The summed E-state index contributed by atoms with van der Waals surface area (Å²) < 4.78 is 29.5. The van der Waals surface area contributed by atoms with Crippen molar-refractivity contribution in [1.82, 2.24) is 14.5 Å². The summed E-state index contributed by atoms with van der Waals surface area (Å²) in [6, 6.07) is -0.352. The molecule has 1 aliphatic rings. The number of piperazine rings is 1. The van der Waals surface area contributed by atoms with Crippen LogP contribution in [0.3, 0.4) is 0 Å². The van der Waals surface area contributed by atoms with E-state index in [2.05, 4.69) is 10.2 Å². The van der Waals surface area contributed by atoms with Crippen LogP contribution in [0, 0.1) is 0 Å². The van der Waals surface area contributed by atoms with Crippen molar-refractivity contribution >= 4 is 16.0 Å². The zero-order valence-corrected chi connectivity index (χ0v) is 14.0. The molecule has 1 N–H and O–H groups in total. The van der Waals surface area contributed by atoms with E-state index in [4.69, 9.17) is 4.74 Å². The van der Waals surface area contributed by atoms with Gasteiger partial charge in [0, 0.05) is 32.7 Å². The minimum Gasteiger partial charge on any atom is -0.465 e. The lowest BCUT2D eigenvalue weighted by molar-refractivity contribution is -0.146. The van der Waals surface area contributed by atoms with Crippen molar-refractivity contribution in [1.29, 1.82) is 0 Å². The van der Waals surface area contributed by atoms with Gasteiger partial charge >= 0.3 is 5.97 Å². The summed E-state index contributed by atoms with van der Waals surface area (Å²) >= 11 is 0. The quantitative estimate of drug-likeness (QED) is 0.607. The van der Waals surface area contributed by atoms with Crippen LogP contribution in [0.1, 0.15) is 20.3 Å². The van der Waals surface area contributed by atoms with Crippen LogP contribution in [0.4, 0.5) is 0 Å². The predicted molar refractivity (Wildman–Crippen MR) is 81.6 cm³/mol. The Hall–Kier alpha value is -0.700. The number of nitrogens with one attached hydrogen (secondary N) is 1. The minimum absolute atomic E-state index is 0.239. The smallest absolute Gasteiger partial charge is 0.324 e. The fourth-order valence-electron chi connectivity index (χ4n) is 2.29. The van der Waals surface area contributed by atoms with E-state index in [9.17, 15) is 13.2 Å². The minimum atomic E-state index is -3.12. The van der Waals surface area contributed by atoms with Crippen molar-refractivity contribution in [3.05, 3.63) is 0 Å². The molecule has 0 amide bonds. The van der Waals surface area contributed by atoms with Crippen LogP contribution >= 0.6 is 0 Å². The molecule has 124 valence electrons. The maximum absolute atomic E-state index is 11.9. The summed E-state index contributed by atoms with van der Waals surface area (Å²) in [6.45, 7) is 7.73. The Balaban J connectivity index is 2.50. The molecule has 0 radical (unpaired) electrons. The Morgan fingerprint density at radius 3 is 2.33 bits per heavy atom. The van der Waals surface area contributed by atoms with E-state index >= 15 is 0 Å². The van der Waals surface area contributed by atoms with Gasteiger partial charge in [-0.3, -0.25) is 9.69 Å². The number of carbonyl (C=O) groups excluding carboxylic acids is 1. The molecular weight excluding hydrogens is 294 g/mol. The van der Waals surface area contributed by atoms with Gasteiger partial charge in [0.2, 0.25) is 10.0 Å². The summed E-state index contributed by atoms with van der Waals surface area (Å²) in [5.74, 6) is -0.239. The summed E-state index contributed by atoms with van der Waals surface area (Å²) in [5, 5.41) is 3.19. The number of sulfonamides is 1. The van der Waals surface area contributed by atoms with Crippen LogP contribution in [0.15, 0.2) is 0 Å². The molecule has 21 heavy (non-hydrogen) atoms. The van der Waals surface area contributed by atoms with E-state index in [-0.39, 0.29) is 12.0 Å². The number of hydrogen-bond acceptors (Lipinski definition) is 6. The molecule has 0 spiro atoms. The number of nitrogens with zero attached hydrogens (tertiary/aromatic N) is 2. The molecule has 0 bridgehead atoms. The molecule has 1 atom stereocenters. The van der Waals surface area contributed by atoms with Crippen LogP contribution in [0.2, 0.25) is 0 Å². The summed E-state index contributed by atoms with van der Waals surface area (Å²) in [7, 11) is -3.12. The molecule has 1 fully saturated rings. The molecule has 0 aromatic carbocycles. The highest BCUT2D eigenvalue weighted by Crippen LogP contribution is 2.07. The van der Waals surface area contributed by atoms with Gasteiger partial charge in [-0.05, 0) is 19.9 Å². The second-order valence-corrected chi connectivity index (χ2v) is 7.20. The Morgan fingerprint density at radius 2 is 1.86 bits per heavy atom. The van der Waals surface area contributed by atoms with Crippen molar-refractivity contribution < 1.29 is 17.9 Å². The van der Waals surface area contributed by atoms with Crippen molar-refractivity contribution in [2.24, 2.45) is 0 Å². The molecular formula is C13H27N3O4S. The zero-order valence-electron chi connectivity index (χ0n) is 13.2. The van der Waals surface area contributed by atoms with E-state index in [1.807, 2.05) is 6.92 Å². The van der Waals surface area contributed by atoms with Crippen molar-refractivity contribution in [2.75, 3.05) is 52.1 Å². The van der Waals surface area contributed by atoms with Crippen LogP contribution in [-0.4, -0.2) is 81.8 Å². The first-order chi connectivity index (χ1) is 9.88. The molecule has 1 heterocycles. The zero-order chi connectivity index (χ0) is 15.9. The molecule has 0 saturated carbocycles. The molecule has 1 aliphatic heterocycles. The highest BCUT2D eigenvalue weighted by Gasteiger charge is 2.27. The third kappa shape index (κ3) is 6.29. The Labute approximate surface area is 127 Å². The Morgan fingerprint density at radius 1 is 1.24 bits per heavy atom. The first-order valence-electron chi connectivity index (χ1n) is 7.46. The van der Waals surface area contributed by atoms with Crippen LogP contribution in [0.25, 0.3) is 0 Å². The average molecular weight is 321 g/mol. The second-order valence-electron chi connectivity index (χ2n) is 5.22. The molecule has 0 aromatic rings. The van der Waals surface area contributed by atoms with Gasteiger partial charge in [0.05, 0.1) is 12.9 Å². The lowest BCUT2D eigenvalue weighted by Crippen LogP contribution is -2.54. The van der Waals surface area contributed by atoms with Gasteiger partial charge in [0.15, 0.2) is 0 Å². The summed E-state index contributed by atoms with van der Waals surface area (Å²) in [6.07, 6.45) is 2.17. The summed E-state index contributed by atoms with van der Waals surface area (Å²) in [4.78, 5) is 14.0. The molecule has 8 heteroatoms. The van der Waals surface area contributed by atoms with Gasteiger partial charge in [-0.1, -0.05) is 6.92 Å². The third-order valence-electron chi connectivity index (χ3n) is 3.45. The van der Waals surface area contributed by atoms with Gasteiger partial charge < -0.3 is 10.1 Å². The SMILES string of the molecule is CCCNC(CN1CCN(S(C)(=O)=O)CC1)C(=O)OCC. The highest BCUT2D eigenvalue weighted by molar-refractivity contribution is 7.88. The lowest BCUT2D eigenvalue weighted by atomic mass is 10.2. The van der Waals surface area contributed by atoms with E-state index in [1.165, 1.54) is 10.6 Å². The highest BCUT2D eigenvalue weighted by atomic mass is 32.2. The number of hydrogen-bond donors (Lipinski definition) is 1. The normalized spacial score (nSPS) is 19.4. The fourth-order valence-corrected chi connectivity index (χ4v) is 3.11. The van der Waals surface area contributed by atoms with Gasteiger partial charge in [0.1, 0.15) is 6.04 Å². The van der Waals surface area contributed by atoms with Crippen LogP contribution in [0.5, 0.6) is 0 Å². The number of ether oxygens (including phenoxy) is 1. The molecule has 0 aromatic heterocycles. The Bertz CT molecular complexity index is 419. The average Bonchev–Trinajstić information content (AvgIpc) is 2.43. The van der Waals surface area contributed by atoms with Crippen molar-refractivity contribution in [2.45, 2.75) is 26.3 Å². The number of rotatable bonds is 8. The maximum Gasteiger partial charge on any atom is 0.324 e. The summed E-state index contributed by atoms with van der Waals surface area (Å²) in [5.41, 5.74) is 0. The third-order valence-corrected chi connectivity index (χ3v) is 4.76. The number of carbonyl (C=O) groups is 1. The Kier molecular flexibility index (Phi) is 7.58.